The molecule has 0 saturated carbocycles. The molecule has 0 aliphatic carbocycles. The molecule has 2 rings (SSSR count). The number of carbonyl (C=O) groups is 1. The van der Waals surface area contributed by atoms with Crippen molar-refractivity contribution in [1.29, 1.82) is 0 Å². The molecular formula is C15H15NO4. The van der Waals surface area contributed by atoms with Crippen LogP contribution in [0.4, 0.5) is 5.69 Å². The highest BCUT2D eigenvalue weighted by Gasteiger charge is 2.14. The van der Waals surface area contributed by atoms with Gasteiger partial charge in [-0.2, -0.15) is 0 Å². The minimum atomic E-state index is -0.515. The highest BCUT2D eigenvalue weighted by Crippen LogP contribution is 2.28. The molecule has 0 aliphatic rings. The molecule has 0 radical (unpaired) electrons. The molecule has 5 heteroatoms. The predicted molar refractivity (Wildman–Crippen MR) is 74.6 cm³/mol. The van der Waals surface area contributed by atoms with Crippen LogP contribution >= 0.6 is 0 Å². The van der Waals surface area contributed by atoms with Crippen LogP contribution in [0.3, 0.4) is 0 Å². The first-order valence-corrected chi connectivity index (χ1v) is 5.99. The summed E-state index contributed by atoms with van der Waals surface area (Å²) in [5.74, 6) is 0.402. The van der Waals surface area contributed by atoms with E-state index in [-0.39, 0.29) is 12.2 Å². The Morgan fingerprint density at radius 1 is 1.20 bits per heavy atom. The van der Waals surface area contributed by atoms with E-state index in [1.165, 1.54) is 13.2 Å². The fourth-order valence-electron chi connectivity index (χ4n) is 1.70. The minimum Gasteiger partial charge on any atom is -0.465 e. The fourth-order valence-corrected chi connectivity index (χ4v) is 1.70. The summed E-state index contributed by atoms with van der Waals surface area (Å²) >= 11 is 0. The SMILES string of the molecule is COC(=O)c1cc(N)ccc1Oc1ccc(CO)cc1. The molecule has 0 fully saturated rings. The molecule has 20 heavy (non-hydrogen) atoms. The van der Waals surface area contributed by atoms with Gasteiger partial charge in [-0.3, -0.25) is 0 Å². The Labute approximate surface area is 116 Å². The summed E-state index contributed by atoms with van der Waals surface area (Å²) in [6, 6.07) is 11.7. The standard InChI is InChI=1S/C15H15NO4/c1-19-15(18)13-8-11(16)4-7-14(13)20-12-5-2-10(9-17)3-6-12/h2-8,17H,9,16H2,1H3. The van der Waals surface area contributed by atoms with Gasteiger partial charge in [-0.05, 0) is 35.9 Å². The molecule has 0 aromatic heterocycles. The molecule has 0 amide bonds. The van der Waals surface area contributed by atoms with Crippen molar-refractivity contribution in [3.63, 3.8) is 0 Å². The van der Waals surface area contributed by atoms with E-state index in [2.05, 4.69) is 0 Å². The number of ether oxygens (including phenoxy) is 2. The summed E-state index contributed by atoms with van der Waals surface area (Å²) < 4.78 is 10.3. The van der Waals surface area contributed by atoms with Gasteiger partial charge < -0.3 is 20.3 Å². The van der Waals surface area contributed by atoms with Crippen molar-refractivity contribution in [3.8, 4) is 11.5 Å². The second-order valence-corrected chi connectivity index (χ2v) is 4.15. The number of nitrogen functional groups attached to an aromatic ring is 1. The van der Waals surface area contributed by atoms with Crippen LogP contribution in [0.15, 0.2) is 42.5 Å². The number of hydrogen-bond donors (Lipinski definition) is 2. The van der Waals surface area contributed by atoms with Gasteiger partial charge in [0.05, 0.1) is 13.7 Å². The average molecular weight is 273 g/mol. The van der Waals surface area contributed by atoms with E-state index in [1.807, 2.05) is 0 Å². The van der Waals surface area contributed by atoms with Gasteiger partial charge in [0.15, 0.2) is 0 Å². The largest absolute Gasteiger partial charge is 0.465 e. The summed E-state index contributed by atoms with van der Waals surface area (Å²) in [6.07, 6.45) is 0. The molecule has 5 nitrogen and oxygen atoms in total. The van der Waals surface area contributed by atoms with Crippen LogP contribution in [-0.2, 0) is 11.3 Å². The number of anilines is 1. The third-order valence-corrected chi connectivity index (χ3v) is 2.74. The van der Waals surface area contributed by atoms with Crippen LogP contribution in [0.1, 0.15) is 15.9 Å². The van der Waals surface area contributed by atoms with E-state index in [4.69, 9.17) is 20.3 Å². The predicted octanol–water partition coefficient (Wildman–Crippen LogP) is 2.34. The fraction of sp³-hybridized carbons (Fsp3) is 0.133. The van der Waals surface area contributed by atoms with Crippen molar-refractivity contribution >= 4 is 11.7 Å². The lowest BCUT2D eigenvalue weighted by atomic mass is 10.1. The van der Waals surface area contributed by atoms with E-state index in [1.54, 1.807) is 36.4 Å². The Bertz CT molecular complexity index is 608. The summed E-state index contributed by atoms with van der Waals surface area (Å²) in [6.45, 7) is -0.0322. The maximum absolute atomic E-state index is 11.7. The Morgan fingerprint density at radius 3 is 2.50 bits per heavy atom. The molecule has 0 unspecified atom stereocenters. The summed E-state index contributed by atoms with van der Waals surface area (Å²) in [7, 11) is 1.30. The summed E-state index contributed by atoms with van der Waals surface area (Å²) in [4.78, 5) is 11.7. The molecule has 0 atom stereocenters. The molecule has 0 bridgehead atoms. The molecular weight excluding hydrogens is 258 g/mol. The minimum absolute atomic E-state index is 0.0322. The molecule has 0 spiro atoms. The van der Waals surface area contributed by atoms with Crippen LogP contribution in [0, 0.1) is 0 Å². The summed E-state index contributed by atoms with van der Waals surface area (Å²) in [5, 5.41) is 8.98. The third kappa shape index (κ3) is 3.07. The molecule has 2 aromatic rings. The number of nitrogens with two attached hydrogens (primary N) is 1. The van der Waals surface area contributed by atoms with Crippen molar-refractivity contribution in [2.45, 2.75) is 6.61 Å². The Kier molecular flexibility index (Phi) is 4.22. The number of benzene rings is 2. The van der Waals surface area contributed by atoms with E-state index in [0.29, 0.717) is 17.2 Å². The Morgan fingerprint density at radius 2 is 1.90 bits per heavy atom. The van der Waals surface area contributed by atoms with E-state index in [9.17, 15) is 4.79 Å². The highest BCUT2D eigenvalue weighted by molar-refractivity contribution is 5.93. The normalized spacial score (nSPS) is 10.1. The van der Waals surface area contributed by atoms with Gasteiger partial charge in [0.25, 0.3) is 0 Å². The van der Waals surface area contributed by atoms with Crippen molar-refractivity contribution in [3.05, 3.63) is 53.6 Å². The van der Waals surface area contributed by atoms with Crippen molar-refractivity contribution in [2.24, 2.45) is 0 Å². The zero-order valence-corrected chi connectivity index (χ0v) is 11.0. The topological polar surface area (TPSA) is 81.8 Å². The summed E-state index contributed by atoms with van der Waals surface area (Å²) in [5.41, 5.74) is 7.16. The maximum atomic E-state index is 11.7. The smallest absolute Gasteiger partial charge is 0.341 e. The van der Waals surface area contributed by atoms with E-state index >= 15 is 0 Å². The lowest BCUT2D eigenvalue weighted by Crippen LogP contribution is -2.04. The molecule has 0 heterocycles. The van der Waals surface area contributed by atoms with Gasteiger partial charge in [-0.1, -0.05) is 12.1 Å². The second kappa shape index (κ2) is 6.08. The lowest BCUT2D eigenvalue weighted by Gasteiger charge is -2.11. The van der Waals surface area contributed by atoms with Crippen LogP contribution in [0.2, 0.25) is 0 Å². The number of hydrogen-bond acceptors (Lipinski definition) is 5. The number of aliphatic hydroxyl groups excluding tert-OH is 1. The van der Waals surface area contributed by atoms with E-state index in [0.717, 1.165) is 5.56 Å². The zero-order chi connectivity index (χ0) is 14.5. The first-order chi connectivity index (χ1) is 9.63. The molecule has 104 valence electrons. The first-order valence-electron chi connectivity index (χ1n) is 5.99. The highest BCUT2D eigenvalue weighted by atomic mass is 16.5. The molecule has 2 aromatic carbocycles. The third-order valence-electron chi connectivity index (χ3n) is 2.74. The number of esters is 1. The molecule has 0 saturated heterocycles. The molecule has 3 N–H and O–H groups in total. The van der Waals surface area contributed by atoms with E-state index < -0.39 is 5.97 Å². The van der Waals surface area contributed by atoms with Gasteiger partial charge in [0.1, 0.15) is 17.1 Å². The van der Waals surface area contributed by atoms with Crippen molar-refractivity contribution in [2.75, 3.05) is 12.8 Å². The number of rotatable bonds is 4. The second-order valence-electron chi connectivity index (χ2n) is 4.15. The van der Waals surface area contributed by atoms with Crippen LogP contribution in [-0.4, -0.2) is 18.2 Å². The monoisotopic (exact) mass is 273 g/mol. The quantitative estimate of drug-likeness (QED) is 0.660. The Balaban J connectivity index is 2.30. The maximum Gasteiger partial charge on any atom is 0.341 e. The molecule has 0 aliphatic heterocycles. The average Bonchev–Trinajstić information content (AvgIpc) is 2.49. The lowest BCUT2D eigenvalue weighted by molar-refractivity contribution is 0.0598. The van der Waals surface area contributed by atoms with Gasteiger partial charge >= 0.3 is 5.97 Å². The van der Waals surface area contributed by atoms with Crippen LogP contribution in [0.5, 0.6) is 11.5 Å². The number of carbonyl (C=O) groups excluding carboxylic acids is 1. The van der Waals surface area contributed by atoms with Crippen molar-refractivity contribution < 1.29 is 19.4 Å². The van der Waals surface area contributed by atoms with Crippen molar-refractivity contribution in [1.82, 2.24) is 0 Å². The number of methoxy groups -OCH3 is 1. The van der Waals surface area contributed by atoms with Gasteiger partial charge in [0, 0.05) is 5.69 Å². The van der Waals surface area contributed by atoms with Gasteiger partial charge in [-0.15, -0.1) is 0 Å². The number of aliphatic hydroxyl groups is 1. The zero-order valence-electron chi connectivity index (χ0n) is 11.0. The van der Waals surface area contributed by atoms with Gasteiger partial charge in [-0.25, -0.2) is 4.79 Å². The van der Waals surface area contributed by atoms with Crippen LogP contribution < -0.4 is 10.5 Å². The Hall–Kier alpha value is -2.53. The first kappa shape index (κ1) is 13.9. The van der Waals surface area contributed by atoms with Crippen LogP contribution in [0.25, 0.3) is 0 Å². The van der Waals surface area contributed by atoms with Gasteiger partial charge in [0.2, 0.25) is 0 Å².